The zero-order valence-corrected chi connectivity index (χ0v) is 16.7. The highest BCUT2D eigenvalue weighted by Gasteiger charge is 2.16. The molecule has 0 radical (unpaired) electrons. The number of nitrogens with zero attached hydrogens (tertiary/aromatic N) is 3. The first-order valence-electron chi connectivity index (χ1n) is 10.1. The Balaban J connectivity index is 1.46. The standard InChI is InChI=1S/C23H26N4O2/c1-2-25-12-14-26(15-13-25)19-7-5-6-18(16-19)24-23(29)17-27-11-10-22(28)20-8-3-4-9-21(20)27/h3-11,16H,2,12-15,17H2,1H3,(H,24,29). The number of carbonyl (C=O) groups is 1. The van der Waals surface area contributed by atoms with Crippen LogP contribution in [0, 0.1) is 0 Å². The average molecular weight is 390 g/mol. The van der Waals surface area contributed by atoms with Crippen molar-refractivity contribution in [2.24, 2.45) is 0 Å². The molecule has 2 heterocycles. The lowest BCUT2D eigenvalue weighted by Gasteiger charge is -2.35. The first-order valence-corrected chi connectivity index (χ1v) is 10.1. The van der Waals surface area contributed by atoms with Gasteiger partial charge < -0.3 is 19.7 Å². The van der Waals surface area contributed by atoms with Gasteiger partial charge in [-0.05, 0) is 36.9 Å². The van der Waals surface area contributed by atoms with Crippen LogP contribution in [0.1, 0.15) is 6.92 Å². The minimum Gasteiger partial charge on any atom is -0.369 e. The number of fused-ring (bicyclic) bond motifs is 1. The van der Waals surface area contributed by atoms with Crippen LogP contribution in [0.4, 0.5) is 11.4 Å². The molecule has 0 atom stereocenters. The highest BCUT2D eigenvalue weighted by atomic mass is 16.2. The third kappa shape index (κ3) is 4.32. The normalized spacial score (nSPS) is 14.9. The number of benzene rings is 2. The Hall–Kier alpha value is -3.12. The van der Waals surface area contributed by atoms with E-state index < -0.39 is 0 Å². The minimum absolute atomic E-state index is 0.0341. The number of piperazine rings is 1. The van der Waals surface area contributed by atoms with Crippen LogP contribution >= 0.6 is 0 Å². The Labute approximate surface area is 170 Å². The van der Waals surface area contributed by atoms with E-state index in [1.54, 1.807) is 16.8 Å². The van der Waals surface area contributed by atoms with Crippen molar-refractivity contribution in [3.05, 3.63) is 71.0 Å². The van der Waals surface area contributed by atoms with Gasteiger partial charge in [0.15, 0.2) is 5.43 Å². The smallest absolute Gasteiger partial charge is 0.244 e. The van der Waals surface area contributed by atoms with E-state index in [2.05, 4.69) is 28.1 Å². The molecule has 0 saturated carbocycles. The predicted octanol–water partition coefficient (Wildman–Crippen LogP) is 2.78. The first-order chi connectivity index (χ1) is 14.1. The Morgan fingerprint density at radius 2 is 1.79 bits per heavy atom. The van der Waals surface area contributed by atoms with E-state index in [1.807, 2.05) is 36.4 Å². The monoisotopic (exact) mass is 390 g/mol. The van der Waals surface area contributed by atoms with Gasteiger partial charge in [0.25, 0.3) is 0 Å². The molecule has 6 nitrogen and oxygen atoms in total. The summed E-state index contributed by atoms with van der Waals surface area (Å²) in [5.74, 6) is -0.119. The number of nitrogens with one attached hydrogen (secondary N) is 1. The molecule has 6 heteroatoms. The fourth-order valence-electron chi connectivity index (χ4n) is 3.86. The summed E-state index contributed by atoms with van der Waals surface area (Å²) in [6.07, 6.45) is 1.67. The number of pyridine rings is 1. The van der Waals surface area contributed by atoms with Gasteiger partial charge in [0.2, 0.25) is 5.91 Å². The highest BCUT2D eigenvalue weighted by molar-refractivity contribution is 5.92. The van der Waals surface area contributed by atoms with Crippen molar-refractivity contribution >= 4 is 28.2 Å². The van der Waals surface area contributed by atoms with Crippen LogP contribution < -0.4 is 15.6 Å². The maximum Gasteiger partial charge on any atom is 0.244 e. The number of aromatic nitrogens is 1. The Kier molecular flexibility index (Phi) is 5.62. The number of hydrogen-bond acceptors (Lipinski definition) is 4. The van der Waals surface area contributed by atoms with Crippen molar-refractivity contribution in [1.29, 1.82) is 0 Å². The van der Waals surface area contributed by atoms with E-state index >= 15 is 0 Å². The molecule has 150 valence electrons. The van der Waals surface area contributed by atoms with Crippen LogP contribution in [0.3, 0.4) is 0 Å². The lowest BCUT2D eigenvalue weighted by Crippen LogP contribution is -2.46. The second kappa shape index (κ2) is 8.49. The molecule has 2 aromatic carbocycles. The number of para-hydroxylation sites is 1. The molecule has 29 heavy (non-hydrogen) atoms. The Bertz CT molecular complexity index is 1070. The summed E-state index contributed by atoms with van der Waals surface area (Å²) in [6, 6.07) is 16.9. The highest BCUT2D eigenvalue weighted by Crippen LogP contribution is 2.21. The van der Waals surface area contributed by atoms with Crippen LogP contribution in [0.5, 0.6) is 0 Å². The molecule has 1 aromatic heterocycles. The molecule has 1 fully saturated rings. The summed E-state index contributed by atoms with van der Waals surface area (Å²) < 4.78 is 1.81. The van der Waals surface area contributed by atoms with Crippen molar-refractivity contribution in [1.82, 2.24) is 9.47 Å². The lowest BCUT2D eigenvalue weighted by atomic mass is 10.2. The second-order valence-corrected chi connectivity index (χ2v) is 7.34. The molecule has 1 saturated heterocycles. The third-order valence-corrected chi connectivity index (χ3v) is 5.51. The summed E-state index contributed by atoms with van der Waals surface area (Å²) in [5.41, 5.74) is 2.65. The molecule has 3 aromatic rings. The topological polar surface area (TPSA) is 57.6 Å². The summed E-state index contributed by atoms with van der Waals surface area (Å²) in [7, 11) is 0. The number of amides is 1. The van der Waals surface area contributed by atoms with Crippen LogP contribution in [0.2, 0.25) is 0 Å². The lowest BCUT2D eigenvalue weighted by molar-refractivity contribution is -0.116. The molecule has 0 aliphatic carbocycles. The van der Waals surface area contributed by atoms with Gasteiger partial charge in [0.05, 0.1) is 5.52 Å². The van der Waals surface area contributed by atoms with Gasteiger partial charge in [-0.2, -0.15) is 0 Å². The van der Waals surface area contributed by atoms with Gasteiger partial charge in [0.1, 0.15) is 6.54 Å². The van der Waals surface area contributed by atoms with Gasteiger partial charge in [-0.3, -0.25) is 9.59 Å². The van der Waals surface area contributed by atoms with Gasteiger partial charge in [-0.15, -0.1) is 0 Å². The SMILES string of the molecule is CCN1CCN(c2cccc(NC(=O)Cn3ccc(=O)c4ccccc43)c2)CC1. The van der Waals surface area contributed by atoms with E-state index in [9.17, 15) is 9.59 Å². The zero-order chi connectivity index (χ0) is 20.2. The summed E-state index contributed by atoms with van der Waals surface area (Å²) >= 11 is 0. The maximum atomic E-state index is 12.6. The number of carbonyl (C=O) groups excluding carboxylic acids is 1. The van der Waals surface area contributed by atoms with Crippen molar-refractivity contribution in [3.63, 3.8) is 0 Å². The van der Waals surface area contributed by atoms with Gasteiger partial charge in [-0.1, -0.05) is 25.1 Å². The van der Waals surface area contributed by atoms with Crippen molar-refractivity contribution in [3.8, 4) is 0 Å². The molecule has 1 aliphatic rings. The van der Waals surface area contributed by atoms with Crippen LogP contribution in [0.15, 0.2) is 65.6 Å². The molecular formula is C23H26N4O2. The maximum absolute atomic E-state index is 12.6. The average Bonchev–Trinajstić information content (AvgIpc) is 2.76. The summed E-state index contributed by atoms with van der Waals surface area (Å²) in [4.78, 5) is 29.5. The minimum atomic E-state index is -0.119. The number of hydrogen-bond donors (Lipinski definition) is 1. The molecule has 0 spiro atoms. The molecule has 1 N–H and O–H groups in total. The Morgan fingerprint density at radius 3 is 2.59 bits per heavy atom. The van der Waals surface area contributed by atoms with Crippen LogP contribution in [0.25, 0.3) is 10.9 Å². The molecule has 1 amide bonds. The summed E-state index contributed by atoms with van der Waals surface area (Å²) in [5, 5.41) is 3.62. The fraction of sp³-hybridized carbons (Fsp3) is 0.304. The van der Waals surface area contributed by atoms with Crippen LogP contribution in [-0.4, -0.2) is 48.1 Å². The number of rotatable bonds is 5. The van der Waals surface area contributed by atoms with Crippen molar-refractivity contribution in [2.45, 2.75) is 13.5 Å². The van der Waals surface area contributed by atoms with Gasteiger partial charge in [-0.25, -0.2) is 0 Å². The van der Waals surface area contributed by atoms with Gasteiger partial charge in [0, 0.05) is 55.2 Å². The van der Waals surface area contributed by atoms with E-state index in [0.717, 1.165) is 49.6 Å². The predicted molar refractivity (Wildman–Crippen MR) is 118 cm³/mol. The molecule has 0 unspecified atom stereocenters. The Morgan fingerprint density at radius 1 is 1.00 bits per heavy atom. The van der Waals surface area contributed by atoms with E-state index in [1.165, 1.54) is 6.07 Å². The summed E-state index contributed by atoms with van der Waals surface area (Å²) in [6.45, 7) is 7.55. The van der Waals surface area contributed by atoms with Crippen molar-refractivity contribution < 1.29 is 4.79 Å². The van der Waals surface area contributed by atoms with Gasteiger partial charge >= 0.3 is 0 Å². The second-order valence-electron chi connectivity index (χ2n) is 7.34. The van der Waals surface area contributed by atoms with E-state index in [4.69, 9.17) is 0 Å². The quantitative estimate of drug-likeness (QED) is 0.728. The molecule has 4 rings (SSSR count). The van der Waals surface area contributed by atoms with E-state index in [-0.39, 0.29) is 17.9 Å². The van der Waals surface area contributed by atoms with E-state index in [0.29, 0.717) is 5.39 Å². The fourth-order valence-corrected chi connectivity index (χ4v) is 3.86. The number of likely N-dealkylation sites (N-methyl/N-ethyl adjacent to an activating group) is 1. The largest absolute Gasteiger partial charge is 0.369 e. The third-order valence-electron chi connectivity index (χ3n) is 5.51. The number of anilines is 2. The molecular weight excluding hydrogens is 364 g/mol. The molecule has 0 bridgehead atoms. The molecule has 1 aliphatic heterocycles. The first kappa shape index (κ1) is 19.2. The van der Waals surface area contributed by atoms with Crippen LogP contribution in [-0.2, 0) is 11.3 Å². The zero-order valence-electron chi connectivity index (χ0n) is 16.7. The van der Waals surface area contributed by atoms with Crippen molar-refractivity contribution in [2.75, 3.05) is 42.9 Å².